The van der Waals surface area contributed by atoms with Gasteiger partial charge >= 0.3 is 0 Å². The summed E-state index contributed by atoms with van der Waals surface area (Å²) in [6.07, 6.45) is 4.33. The third kappa shape index (κ3) is 3.30. The number of aryl methyl sites for hydroxylation is 2. The van der Waals surface area contributed by atoms with Crippen molar-refractivity contribution >= 4 is 10.0 Å². The molecule has 2 aliphatic rings. The van der Waals surface area contributed by atoms with Crippen LogP contribution in [0.15, 0.2) is 23.1 Å². The van der Waals surface area contributed by atoms with Crippen molar-refractivity contribution in [3.63, 3.8) is 0 Å². The summed E-state index contributed by atoms with van der Waals surface area (Å²) < 4.78 is 27.7. The minimum atomic E-state index is -3.38. The number of hydrogen-bond donors (Lipinski definition) is 2. The second-order valence-corrected chi connectivity index (χ2v) is 8.13. The van der Waals surface area contributed by atoms with Gasteiger partial charge in [0.05, 0.1) is 4.90 Å². The van der Waals surface area contributed by atoms with E-state index in [0.717, 1.165) is 38.8 Å². The molecule has 0 aromatic heterocycles. The van der Waals surface area contributed by atoms with E-state index in [1.54, 1.807) is 6.07 Å². The van der Waals surface area contributed by atoms with Crippen LogP contribution in [0.5, 0.6) is 0 Å². The maximum atomic E-state index is 12.4. The Morgan fingerprint density at radius 2 is 2.10 bits per heavy atom. The molecule has 116 valence electrons. The minimum Gasteiger partial charge on any atom is -0.316 e. The van der Waals surface area contributed by atoms with E-state index in [0.29, 0.717) is 23.3 Å². The van der Waals surface area contributed by atoms with Gasteiger partial charge in [-0.3, -0.25) is 0 Å². The highest BCUT2D eigenvalue weighted by atomic mass is 32.2. The van der Waals surface area contributed by atoms with Gasteiger partial charge in [0.1, 0.15) is 0 Å². The topological polar surface area (TPSA) is 58.2 Å². The Morgan fingerprint density at radius 3 is 2.90 bits per heavy atom. The van der Waals surface area contributed by atoms with Crippen LogP contribution in [0, 0.1) is 11.8 Å². The second kappa shape index (κ2) is 6.07. The van der Waals surface area contributed by atoms with Crippen molar-refractivity contribution in [3.8, 4) is 0 Å². The molecule has 0 saturated carbocycles. The Bertz CT molecular complexity index is 613. The molecule has 5 heteroatoms. The quantitative estimate of drug-likeness (QED) is 0.890. The highest BCUT2D eigenvalue weighted by Gasteiger charge is 2.24. The van der Waals surface area contributed by atoms with Crippen LogP contribution in [-0.2, 0) is 22.9 Å². The van der Waals surface area contributed by atoms with Gasteiger partial charge in [-0.1, -0.05) is 13.0 Å². The lowest BCUT2D eigenvalue weighted by molar-refractivity contribution is 0.275. The maximum absolute atomic E-state index is 12.4. The van der Waals surface area contributed by atoms with Gasteiger partial charge in [0.15, 0.2) is 0 Å². The van der Waals surface area contributed by atoms with E-state index in [1.807, 2.05) is 12.1 Å². The fourth-order valence-electron chi connectivity index (χ4n) is 3.34. The Labute approximate surface area is 127 Å². The average molecular weight is 308 g/mol. The molecule has 1 aromatic rings. The van der Waals surface area contributed by atoms with Gasteiger partial charge in [-0.25, -0.2) is 13.1 Å². The van der Waals surface area contributed by atoms with Crippen LogP contribution in [-0.4, -0.2) is 28.1 Å². The molecule has 1 fully saturated rings. The predicted octanol–water partition coefficient (Wildman–Crippen LogP) is 1.70. The smallest absolute Gasteiger partial charge is 0.240 e. The molecule has 3 rings (SSSR count). The number of fused-ring (bicyclic) bond motifs is 1. The van der Waals surface area contributed by atoms with Crippen molar-refractivity contribution in [2.75, 3.05) is 19.6 Å². The average Bonchev–Trinajstić information content (AvgIpc) is 2.94. The van der Waals surface area contributed by atoms with Gasteiger partial charge < -0.3 is 5.32 Å². The molecular formula is C16H24N2O2S. The second-order valence-electron chi connectivity index (χ2n) is 6.37. The summed E-state index contributed by atoms with van der Waals surface area (Å²) in [5, 5.41) is 3.34. The van der Waals surface area contributed by atoms with Crippen molar-refractivity contribution in [1.29, 1.82) is 0 Å². The van der Waals surface area contributed by atoms with E-state index in [9.17, 15) is 8.42 Å². The van der Waals surface area contributed by atoms with Crippen LogP contribution in [0.4, 0.5) is 0 Å². The Hall–Kier alpha value is -0.910. The van der Waals surface area contributed by atoms with Gasteiger partial charge in [-0.15, -0.1) is 0 Å². The number of benzene rings is 1. The molecule has 0 spiro atoms. The molecule has 21 heavy (non-hydrogen) atoms. The van der Waals surface area contributed by atoms with Crippen molar-refractivity contribution < 1.29 is 8.42 Å². The van der Waals surface area contributed by atoms with Gasteiger partial charge in [0, 0.05) is 6.54 Å². The van der Waals surface area contributed by atoms with E-state index in [1.165, 1.54) is 11.1 Å². The summed E-state index contributed by atoms with van der Waals surface area (Å²) in [6.45, 7) is 4.66. The van der Waals surface area contributed by atoms with Crippen LogP contribution in [0.1, 0.15) is 30.9 Å². The Morgan fingerprint density at radius 1 is 1.29 bits per heavy atom. The van der Waals surface area contributed by atoms with Crippen LogP contribution in [0.25, 0.3) is 0 Å². The monoisotopic (exact) mass is 308 g/mol. The Balaban J connectivity index is 1.69. The third-order valence-electron chi connectivity index (χ3n) is 4.90. The molecule has 1 heterocycles. The molecule has 2 unspecified atom stereocenters. The summed E-state index contributed by atoms with van der Waals surface area (Å²) in [4.78, 5) is 0.416. The van der Waals surface area contributed by atoms with Crippen LogP contribution < -0.4 is 10.0 Å². The summed E-state index contributed by atoms with van der Waals surface area (Å²) in [6, 6.07) is 5.57. The maximum Gasteiger partial charge on any atom is 0.240 e. The first-order valence-electron chi connectivity index (χ1n) is 7.88. The van der Waals surface area contributed by atoms with Gasteiger partial charge in [-0.05, 0) is 73.9 Å². The summed E-state index contributed by atoms with van der Waals surface area (Å²) >= 11 is 0. The van der Waals surface area contributed by atoms with Gasteiger partial charge in [0.2, 0.25) is 10.0 Å². The van der Waals surface area contributed by atoms with E-state index < -0.39 is 10.0 Å². The first-order chi connectivity index (χ1) is 10.1. The molecule has 1 aliphatic carbocycles. The lowest BCUT2D eigenvalue weighted by atomic mass is 9.88. The van der Waals surface area contributed by atoms with Crippen LogP contribution in [0.3, 0.4) is 0 Å². The Kier molecular flexibility index (Phi) is 4.33. The lowest BCUT2D eigenvalue weighted by Gasteiger charge is -2.29. The normalized spacial score (nSPS) is 25.8. The SMILES string of the molecule is CC1CCNCC1CNS(=O)(=O)c1ccc2c(c1)CCC2. The zero-order chi connectivity index (χ0) is 14.9. The molecule has 0 amide bonds. The summed E-state index contributed by atoms with van der Waals surface area (Å²) in [5.41, 5.74) is 2.50. The summed E-state index contributed by atoms with van der Waals surface area (Å²) in [7, 11) is -3.38. The fourth-order valence-corrected chi connectivity index (χ4v) is 4.49. The number of hydrogen-bond acceptors (Lipinski definition) is 3. The van der Waals surface area contributed by atoms with Gasteiger partial charge in [-0.2, -0.15) is 0 Å². The molecule has 0 bridgehead atoms. The van der Waals surface area contributed by atoms with Gasteiger partial charge in [0.25, 0.3) is 0 Å². The molecule has 0 radical (unpaired) electrons. The summed E-state index contributed by atoms with van der Waals surface area (Å²) in [5.74, 6) is 0.942. The molecule has 2 atom stereocenters. The standard InChI is InChI=1S/C16H24N2O2S/c1-12-7-8-17-10-15(12)11-18-21(19,20)16-6-5-13-3-2-4-14(13)9-16/h5-6,9,12,15,17-18H,2-4,7-8,10-11H2,1H3. The van der Waals surface area contributed by atoms with E-state index in [4.69, 9.17) is 0 Å². The number of rotatable bonds is 4. The van der Waals surface area contributed by atoms with Crippen molar-refractivity contribution in [2.45, 2.75) is 37.5 Å². The molecule has 4 nitrogen and oxygen atoms in total. The molecular weight excluding hydrogens is 284 g/mol. The first-order valence-corrected chi connectivity index (χ1v) is 9.37. The van der Waals surface area contributed by atoms with Crippen LogP contribution in [0.2, 0.25) is 0 Å². The largest absolute Gasteiger partial charge is 0.316 e. The highest BCUT2D eigenvalue weighted by molar-refractivity contribution is 7.89. The fraction of sp³-hybridized carbons (Fsp3) is 0.625. The van der Waals surface area contributed by atoms with Crippen molar-refractivity contribution in [1.82, 2.24) is 10.0 Å². The van der Waals surface area contributed by atoms with E-state index in [-0.39, 0.29) is 0 Å². The first kappa shape index (κ1) is 15.0. The highest BCUT2D eigenvalue weighted by Crippen LogP contribution is 2.25. The third-order valence-corrected chi connectivity index (χ3v) is 6.32. The molecule has 2 N–H and O–H groups in total. The molecule has 1 aromatic carbocycles. The predicted molar refractivity (Wildman–Crippen MR) is 83.8 cm³/mol. The zero-order valence-corrected chi connectivity index (χ0v) is 13.4. The van der Waals surface area contributed by atoms with E-state index >= 15 is 0 Å². The molecule has 1 aliphatic heterocycles. The van der Waals surface area contributed by atoms with Crippen molar-refractivity contribution in [3.05, 3.63) is 29.3 Å². The number of piperidine rings is 1. The van der Waals surface area contributed by atoms with Crippen molar-refractivity contribution in [2.24, 2.45) is 11.8 Å². The minimum absolute atomic E-state index is 0.378. The number of sulfonamides is 1. The number of nitrogens with one attached hydrogen (secondary N) is 2. The zero-order valence-electron chi connectivity index (χ0n) is 12.6. The van der Waals surface area contributed by atoms with E-state index in [2.05, 4.69) is 17.0 Å². The lowest BCUT2D eigenvalue weighted by Crippen LogP contribution is -2.42. The molecule has 1 saturated heterocycles. The van der Waals surface area contributed by atoms with Crippen LogP contribution >= 0.6 is 0 Å².